The van der Waals surface area contributed by atoms with Gasteiger partial charge in [0.2, 0.25) is 0 Å². The van der Waals surface area contributed by atoms with E-state index in [-0.39, 0.29) is 24.9 Å². The molecule has 5 nitrogen and oxygen atoms in total. The molecule has 0 spiro atoms. The molecule has 0 aliphatic heterocycles. The second-order valence-corrected chi connectivity index (χ2v) is 5.83. The minimum atomic E-state index is -0.212. The zero-order chi connectivity index (χ0) is 17.8. The number of fused-ring (bicyclic) bond motifs is 1. The molecular formula is C21H18ClN3O2. The van der Waals surface area contributed by atoms with Crippen molar-refractivity contribution in [2.75, 3.05) is 11.9 Å². The Morgan fingerprint density at radius 3 is 2.56 bits per heavy atom. The first-order valence-electron chi connectivity index (χ1n) is 8.31. The largest absolute Gasteiger partial charge is 0.484 e. The fourth-order valence-corrected chi connectivity index (χ4v) is 2.70. The molecule has 27 heavy (non-hydrogen) atoms. The molecule has 2 N–H and O–H groups in total. The summed E-state index contributed by atoms with van der Waals surface area (Å²) < 4.78 is 5.46. The van der Waals surface area contributed by atoms with E-state index >= 15 is 0 Å². The van der Waals surface area contributed by atoms with Gasteiger partial charge in [-0.15, -0.1) is 12.4 Å². The van der Waals surface area contributed by atoms with Crippen LogP contribution in [0.4, 0.5) is 5.69 Å². The molecule has 0 bridgehead atoms. The number of hydrogen-bond donors (Lipinski definition) is 2. The van der Waals surface area contributed by atoms with Crippen LogP contribution in [0.3, 0.4) is 0 Å². The minimum absolute atomic E-state index is 0. The monoisotopic (exact) mass is 379 g/mol. The number of anilines is 1. The van der Waals surface area contributed by atoms with Crippen molar-refractivity contribution in [2.24, 2.45) is 0 Å². The molecule has 0 aliphatic carbocycles. The summed E-state index contributed by atoms with van der Waals surface area (Å²) in [6, 6.07) is 24.7. The first-order valence-corrected chi connectivity index (χ1v) is 8.31. The van der Waals surface area contributed by atoms with Crippen LogP contribution in [0.5, 0.6) is 5.75 Å². The summed E-state index contributed by atoms with van der Waals surface area (Å²) in [6.45, 7) is -0.0428. The highest BCUT2D eigenvalue weighted by atomic mass is 35.5. The molecule has 3 aromatic carbocycles. The van der Waals surface area contributed by atoms with Gasteiger partial charge in [0.25, 0.3) is 5.91 Å². The molecule has 1 heterocycles. The molecular weight excluding hydrogens is 362 g/mol. The van der Waals surface area contributed by atoms with Gasteiger partial charge < -0.3 is 15.0 Å². The lowest BCUT2D eigenvalue weighted by Gasteiger charge is -2.08. The number of halogens is 1. The first-order chi connectivity index (χ1) is 12.8. The SMILES string of the molecule is Cl.O=C(COc1ccccc1)Nc1cccc(-c2nc3ccccc3[nH]2)c1. The Balaban J connectivity index is 0.00000210. The Hall–Kier alpha value is -3.31. The molecule has 136 valence electrons. The first kappa shape index (κ1) is 18.5. The van der Waals surface area contributed by atoms with E-state index in [1.54, 1.807) is 0 Å². The molecule has 4 aromatic rings. The van der Waals surface area contributed by atoms with Crippen LogP contribution in [-0.4, -0.2) is 22.5 Å². The quantitative estimate of drug-likeness (QED) is 0.529. The molecule has 6 heteroatoms. The van der Waals surface area contributed by atoms with Gasteiger partial charge in [-0.25, -0.2) is 4.98 Å². The molecule has 0 atom stereocenters. The average Bonchev–Trinajstić information content (AvgIpc) is 3.12. The molecule has 0 fully saturated rings. The molecule has 0 saturated carbocycles. The van der Waals surface area contributed by atoms with Crippen molar-refractivity contribution in [1.82, 2.24) is 9.97 Å². The standard InChI is InChI=1S/C21H17N3O2.ClH/c25-20(14-26-17-9-2-1-3-10-17)22-16-8-6-7-15(13-16)21-23-18-11-4-5-12-19(18)24-21;/h1-13H,14H2,(H,22,25)(H,23,24);1H. The van der Waals surface area contributed by atoms with Crippen LogP contribution in [0.1, 0.15) is 0 Å². The predicted molar refractivity (Wildman–Crippen MR) is 109 cm³/mol. The van der Waals surface area contributed by atoms with Crippen molar-refractivity contribution in [3.8, 4) is 17.1 Å². The number of aromatic amines is 1. The van der Waals surface area contributed by atoms with E-state index in [1.165, 1.54) is 0 Å². The van der Waals surface area contributed by atoms with Gasteiger partial charge in [-0.1, -0.05) is 42.5 Å². The summed E-state index contributed by atoms with van der Waals surface area (Å²) in [5, 5.41) is 2.85. The van der Waals surface area contributed by atoms with Gasteiger partial charge in [-0.05, 0) is 36.4 Å². The number of ether oxygens (including phenoxy) is 1. The molecule has 0 saturated heterocycles. The van der Waals surface area contributed by atoms with E-state index in [4.69, 9.17) is 4.74 Å². The average molecular weight is 380 g/mol. The van der Waals surface area contributed by atoms with Crippen LogP contribution >= 0.6 is 12.4 Å². The van der Waals surface area contributed by atoms with Gasteiger partial charge in [-0.3, -0.25) is 4.79 Å². The highest BCUT2D eigenvalue weighted by molar-refractivity contribution is 5.92. The molecule has 4 rings (SSSR count). The van der Waals surface area contributed by atoms with Gasteiger partial charge in [0, 0.05) is 11.3 Å². The van der Waals surface area contributed by atoms with Gasteiger partial charge >= 0.3 is 0 Å². The van der Waals surface area contributed by atoms with E-state index in [0.29, 0.717) is 11.4 Å². The van der Waals surface area contributed by atoms with Gasteiger partial charge in [0.05, 0.1) is 11.0 Å². The number of benzene rings is 3. The van der Waals surface area contributed by atoms with Crippen molar-refractivity contribution >= 4 is 35.0 Å². The maximum absolute atomic E-state index is 12.1. The summed E-state index contributed by atoms with van der Waals surface area (Å²) in [5.41, 5.74) is 3.49. The van der Waals surface area contributed by atoms with Gasteiger partial charge in [0.15, 0.2) is 6.61 Å². The van der Waals surface area contributed by atoms with Gasteiger partial charge in [-0.2, -0.15) is 0 Å². The van der Waals surface area contributed by atoms with Crippen LogP contribution < -0.4 is 10.1 Å². The molecule has 0 aliphatic rings. The fourth-order valence-electron chi connectivity index (χ4n) is 2.70. The van der Waals surface area contributed by atoms with Crippen molar-refractivity contribution in [1.29, 1.82) is 0 Å². The molecule has 0 unspecified atom stereocenters. The van der Waals surface area contributed by atoms with Crippen LogP contribution in [0.25, 0.3) is 22.4 Å². The number of H-pyrrole nitrogens is 1. The van der Waals surface area contributed by atoms with E-state index < -0.39 is 0 Å². The highest BCUT2D eigenvalue weighted by Crippen LogP contribution is 2.23. The van der Waals surface area contributed by atoms with Crippen molar-refractivity contribution in [3.63, 3.8) is 0 Å². The Morgan fingerprint density at radius 2 is 1.74 bits per heavy atom. The summed E-state index contributed by atoms with van der Waals surface area (Å²) >= 11 is 0. The number of rotatable bonds is 5. The maximum Gasteiger partial charge on any atom is 0.262 e. The van der Waals surface area contributed by atoms with Crippen LogP contribution in [-0.2, 0) is 4.79 Å². The lowest BCUT2D eigenvalue weighted by molar-refractivity contribution is -0.118. The molecule has 1 aromatic heterocycles. The number of para-hydroxylation sites is 3. The number of carbonyl (C=O) groups is 1. The number of nitrogens with one attached hydrogen (secondary N) is 2. The fraction of sp³-hybridized carbons (Fsp3) is 0.0476. The van der Waals surface area contributed by atoms with Crippen LogP contribution in [0.15, 0.2) is 78.9 Å². The Morgan fingerprint density at radius 1 is 0.963 bits per heavy atom. The van der Waals surface area contributed by atoms with E-state index in [0.717, 1.165) is 22.4 Å². The van der Waals surface area contributed by atoms with Crippen molar-refractivity contribution in [3.05, 3.63) is 78.9 Å². The zero-order valence-electron chi connectivity index (χ0n) is 14.4. The summed E-state index contributed by atoms with van der Waals surface area (Å²) in [7, 11) is 0. The second kappa shape index (κ2) is 8.38. The normalized spacial score (nSPS) is 10.2. The summed E-state index contributed by atoms with van der Waals surface area (Å²) in [5.74, 6) is 1.22. The Bertz CT molecular complexity index is 1010. The smallest absolute Gasteiger partial charge is 0.262 e. The number of imidazole rings is 1. The van der Waals surface area contributed by atoms with Gasteiger partial charge in [0.1, 0.15) is 11.6 Å². The minimum Gasteiger partial charge on any atom is -0.484 e. The van der Waals surface area contributed by atoms with Crippen molar-refractivity contribution < 1.29 is 9.53 Å². The van der Waals surface area contributed by atoms with E-state index in [1.807, 2.05) is 78.9 Å². The number of aromatic nitrogens is 2. The van der Waals surface area contributed by atoms with E-state index in [2.05, 4.69) is 15.3 Å². The topological polar surface area (TPSA) is 67.0 Å². The second-order valence-electron chi connectivity index (χ2n) is 5.83. The molecule has 0 radical (unpaired) electrons. The summed E-state index contributed by atoms with van der Waals surface area (Å²) in [6.07, 6.45) is 0. The molecule has 1 amide bonds. The van der Waals surface area contributed by atoms with Crippen LogP contribution in [0.2, 0.25) is 0 Å². The lowest BCUT2D eigenvalue weighted by atomic mass is 10.2. The maximum atomic E-state index is 12.1. The lowest BCUT2D eigenvalue weighted by Crippen LogP contribution is -2.20. The highest BCUT2D eigenvalue weighted by Gasteiger charge is 2.08. The Kier molecular flexibility index (Phi) is 5.74. The number of carbonyl (C=O) groups excluding carboxylic acids is 1. The Labute approximate surface area is 162 Å². The third kappa shape index (κ3) is 4.46. The predicted octanol–water partition coefficient (Wildman–Crippen LogP) is 4.67. The zero-order valence-corrected chi connectivity index (χ0v) is 15.2. The number of amides is 1. The summed E-state index contributed by atoms with van der Waals surface area (Å²) in [4.78, 5) is 20.0. The number of nitrogens with zero attached hydrogens (tertiary/aromatic N) is 1. The van der Waals surface area contributed by atoms with Crippen LogP contribution in [0, 0.1) is 0 Å². The van der Waals surface area contributed by atoms with E-state index in [9.17, 15) is 4.79 Å². The third-order valence-electron chi connectivity index (χ3n) is 3.92. The third-order valence-corrected chi connectivity index (χ3v) is 3.92. The van der Waals surface area contributed by atoms with Crippen molar-refractivity contribution in [2.45, 2.75) is 0 Å². The number of hydrogen-bond acceptors (Lipinski definition) is 3.